The molecule has 0 spiro atoms. The Morgan fingerprint density at radius 1 is 1.25 bits per heavy atom. The van der Waals surface area contributed by atoms with Crippen molar-refractivity contribution in [3.8, 4) is 0 Å². The van der Waals surface area contributed by atoms with Gasteiger partial charge in [0.25, 0.3) is 5.91 Å². The highest BCUT2D eigenvalue weighted by Gasteiger charge is 2.13. The zero-order valence-electron chi connectivity index (χ0n) is 9.22. The lowest BCUT2D eigenvalue weighted by molar-refractivity contribution is 0.0953. The maximum atomic E-state index is 11.8. The standard InChI is InChI=1S/C12H15Cl2NO/c1-2-3-4-8-15-12(16)11-9(13)6-5-7-10(11)14/h5-7H,2-4,8H2,1H3,(H,15,16). The molecular weight excluding hydrogens is 245 g/mol. The Morgan fingerprint density at radius 3 is 2.44 bits per heavy atom. The van der Waals surface area contributed by atoms with E-state index in [9.17, 15) is 4.79 Å². The predicted octanol–water partition coefficient (Wildman–Crippen LogP) is 3.91. The van der Waals surface area contributed by atoms with Gasteiger partial charge in [-0.15, -0.1) is 0 Å². The average molecular weight is 260 g/mol. The number of nitrogens with one attached hydrogen (secondary N) is 1. The molecule has 1 aromatic rings. The Balaban J connectivity index is 2.59. The predicted molar refractivity (Wildman–Crippen MR) is 68.3 cm³/mol. The van der Waals surface area contributed by atoms with Crippen molar-refractivity contribution in [2.24, 2.45) is 0 Å². The Bertz CT molecular complexity index is 346. The van der Waals surface area contributed by atoms with Gasteiger partial charge in [0.2, 0.25) is 0 Å². The Kier molecular flexibility index (Phi) is 5.64. The molecule has 1 rings (SSSR count). The maximum Gasteiger partial charge on any atom is 0.254 e. The summed E-state index contributed by atoms with van der Waals surface area (Å²) in [5, 5.41) is 3.59. The van der Waals surface area contributed by atoms with E-state index in [2.05, 4.69) is 12.2 Å². The Morgan fingerprint density at radius 2 is 1.88 bits per heavy atom. The van der Waals surface area contributed by atoms with E-state index in [4.69, 9.17) is 23.2 Å². The molecule has 1 aromatic carbocycles. The maximum absolute atomic E-state index is 11.8. The fraction of sp³-hybridized carbons (Fsp3) is 0.417. The molecule has 1 amide bonds. The van der Waals surface area contributed by atoms with Crippen molar-refractivity contribution in [3.63, 3.8) is 0 Å². The van der Waals surface area contributed by atoms with E-state index in [0.717, 1.165) is 19.3 Å². The molecule has 0 aliphatic carbocycles. The second-order valence-electron chi connectivity index (χ2n) is 3.56. The first-order chi connectivity index (χ1) is 7.66. The molecule has 0 atom stereocenters. The number of rotatable bonds is 5. The number of hydrogen-bond donors (Lipinski definition) is 1. The number of benzene rings is 1. The second kappa shape index (κ2) is 6.77. The fourth-order valence-corrected chi connectivity index (χ4v) is 1.95. The summed E-state index contributed by atoms with van der Waals surface area (Å²) in [5.74, 6) is -0.202. The van der Waals surface area contributed by atoms with E-state index in [1.807, 2.05) is 0 Å². The van der Waals surface area contributed by atoms with Crippen molar-refractivity contribution < 1.29 is 4.79 Å². The monoisotopic (exact) mass is 259 g/mol. The molecular formula is C12H15Cl2NO. The lowest BCUT2D eigenvalue weighted by Gasteiger charge is -2.07. The fourth-order valence-electron chi connectivity index (χ4n) is 1.38. The average Bonchev–Trinajstić information content (AvgIpc) is 2.24. The van der Waals surface area contributed by atoms with Crippen LogP contribution < -0.4 is 5.32 Å². The van der Waals surface area contributed by atoms with Crippen LogP contribution >= 0.6 is 23.2 Å². The van der Waals surface area contributed by atoms with Gasteiger partial charge in [-0.05, 0) is 18.6 Å². The smallest absolute Gasteiger partial charge is 0.254 e. The topological polar surface area (TPSA) is 29.1 Å². The first-order valence-electron chi connectivity index (χ1n) is 5.39. The Labute approximate surface area is 106 Å². The molecule has 88 valence electrons. The van der Waals surface area contributed by atoms with Crippen LogP contribution in [0.3, 0.4) is 0 Å². The van der Waals surface area contributed by atoms with Gasteiger partial charge in [-0.2, -0.15) is 0 Å². The van der Waals surface area contributed by atoms with Crippen LogP contribution in [-0.2, 0) is 0 Å². The summed E-state index contributed by atoms with van der Waals surface area (Å²) < 4.78 is 0. The van der Waals surface area contributed by atoms with Crippen LogP contribution in [0.1, 0.15) is 36.5 Å². The van der Waals surface area contributed by atoms with Crippen LogP contribution in [0, 0.1) is 0 Å². The number of carbonyl (C=O) groups excluding carboxylic acids is 1. The molecule has 0 aliphatic rings. The van der Waals surface area contributed by atoms with Gasteiger partial charge in [-0.1, -0.05) is 49.0 Å². The van der Waals surface area contributed by atoms with Gasteiger partial charge < -0.3 is 5.32 Å². The van der Waals surface area contributed by atoms with Crippen molar-refractivity contribution in [1.29, 1.82) is 0 Å². The third kappa shape index (κ3) is 3.69. The van der Waals surface area contributed by atoms with Crippen LogP contribution in [0.15, 0.2) is 18.2 Å². The number of unbranched alkanes of at least 4 members (excludes halogenated alkanes) is 2. The molecule has 2 nitrogen and oxygen atoms in total. The van der Waals surface area contributed by atoms with Crippen LogP contribution in [0.25, 0.3) is 0 Å². The van der Waals surface area contributed by atoms with Crippen molar-refractivity contribution in [1.82, 2.24) is 5.32 Å². The first-order valence-corrected chi connectivity index (χ1v) is 6.14. The first kappa shape index (κ1) is 13.3. The SMILES string of the molecule is CCCCCNC(=O)c1c(Cl)cccc1Cl. The third-order valence-electron chi connectivity index (χ3n) is 2.26. The lowest BCUT2D eigenvalue weighted by Crippen LogP contribution is -2.25. The molecule has 1 N–H and O–H groups in total. The summed E-state index contributed by atoms with van der Waals surface area (Å²) >= 11 is 11.8. The van der Waals surface area contributed by atoms with Crippen molar-refractivity contribution in [2.75, 3.05) is 6.54 Å². The van der Waals surface area contributed by atoms with E-state index in [1.54, 1.807) is 18.2 Å². The van der Waals surface area contributed by atoms with E-state index in [-0.39, 0.29) is 5.91 Å². The molecule has 0 fully saturated rings. The van der Waals surface area contributed by atoms with Gasteiger partial charge in [0, 0.05) is 6.54 Å². The molecule has 0 aromatic heterocycles. The zero-order valence-corrected chi connectivity index (χ0v) is 10.7. The molecule has 0 radical (unpaired) electrons. The van der Waals surface area contributed by atoms with E-state index >= 15 is 0 Å². The minimum Gasteiger partial charge on any atom is -0.352 e. The highest BCUT2D eigenvalue weighted by Crippen LogP contribution is 2.23. The molecule has 0 saturated heterocycles. The van der Waals surface area contributed by atoms with Gasteiger partial charge in [0.15, 0.2) is 0 Å². The van der Waals surface area contributed by atoms with Gasteiger partial charge >= 0.3 is 0 Å². The molecule has 16 heavy (non-hydrogen) atoms. The van der Waals surface area contributed by atoms with Crippen molar-refractivity contribution in [3.05, 3.63) is 33.8 Å². The second-order valence-corrected chi connectivity index (χ2v) is 4.37. The summed E-state index contributed by atoms with van der Waals surface area (Å²) in [6.07, 6.45) is 3.21. The van der Waals surface area contributed by atoms with E-state index in [0.29, 0.717) is 22.2 Å². The van der Waals surface area contributed by atoms with Crippen molar-refractivity contribution in [2.45, 2.75) is 26.2 Å². The van der Waals surface area contributed by atoms with Crippen LogP contribution in [0.5, 0.6) is 0 Å². The van der Waals surface area contributed by atoms with E-state index in [1.165, 1.54) is 0 Å². The van der Waals surface area contributed by atoms with Gasteiger partial charge in [0.1, 0.15) is 0 Å². The summed E-state index contributed by atoms with van der Waals surface area (Å²) in [7, 11) is 0. The molecule has 4 heteroatoms. The number of amides is 1. The highest BCUT2D eigenvalue weighted by molar-refractivity contribution is 6.39. The van der Waals surface area contributed by atoms with Gasteiger partial charge in [-0.3, -0.25) is 4.79 Å². The van der Waals surface area contributed by atoms with Crippen molar-refractivity contribution >= 4 is 29.1 Å². The molecule has 0 bridgehead atoms. The minimum atomic E-state index is -0.202. The zero-order chi connectivity index (χ0) is 12.0. The summed E-state index contributed by atoms with van der Waals surface area (Å²) in [6.45, 7) is 2.78. The molecule has 0 aliphatic heterocycles. The van der Waals surface area contributed by atoms with E-state index < -0.39 is 0 Å². The normalized spacial score (nSPS) is 10.2. The van der Waals surface area contributed by atoms with Crippen LogP contribution in [-0.4, -0.2) is 12.5 Å². The molecule has 0 heterocycles. The minimum absolute atomic E-state index is 0.202. The third-order valence-corrected chi connectivity index (χ3v) is 2.89. The number of halogens is 2. The quantitative estimate of drug-likeness (QED) is 0.799. The summed E-state index contributed by atoms with van der Waals surface area (Å²) in [6, 6.07) is 5.04. The lowest BCUT2D eigenvalue weighted by atomic mass is 10.2. The highest BCUT2D eigenvalue weighted by atomic mass is 35.5. The largest absolute Gasteiger partial charge is 0.352 e. The van der Waals surface area contributed by atoms with Crippen LogP contribution in [0.4, 0.5) is 0 Å². The van der Waals surface area contributed by atoms with Gasteiger partial charge in [0.05, 0.1) is 15.6 Å². The summed E-state index contributed by atoms with van der Waals surface area (Å²) in [4.78, 5) is 11.8. The summed E-state index contributed by atoms with van der Waals surface area (Å²) in [5.41, 5.74) is 0.363. The molecule has 0 saturated carbocycles. The van der Waals surface area contributed by atoms with Crippen LogP contribution in [0.2, 0.25) is 10.0 Å². The number of carbonyl (C=O) groups is 1. The van der Waals surface area contributed by atoms with Gasteiger partial charge in [-0.25, -0.2) is 0 Å². The molecule has 0 unspecified atom stereocenters. The Hall–Kier alpha value is -0.730. The number of hydrogen-bond acceptors (Lipinski definition) is 1.